The van der Waals surface area contributed by atoms with Gasteiger partial charge < -0.3 is 15.5 Å². The van der Waals surface area contributed by atoms with Gasteiger partial charge in [0.15, 0.2) is 5.11 Å². The molecule has 4 heteroatoms. The molecule has 126 valence electrons. The molecular formula is C19H30N3S+. The molecule has 1 aliphatic carbocycles. The van der Waals surface area contributed by atoms with Gasteiger partial charge in [0.25, 0.3) is 0 Å². The van der Waals surface area contributed by atoms with Crippen LogP contribution in [0.3, 0.4) is 0 Å². The Kier molecular flexibility index (Phi) is 6.29. The van der Waals surface area contributed by atoms with Crippen LogP contribution in [0.5, 0.6) is 0 Å². The van der Waals surface area contributed by atoms with Crippen molar-refractivity contribution in [3.63, 3.8) is 0 Å². The number of quaternary nitrogens is 1. The third-order valence-electron chi connectivity index (χ3n) is 5.25. The van der Waals surface area contributed by atoms with E-state index in [1.54, 1.807) is 4.90 Å². The summed E-state index contributed by atoms with van der Waals surface area (Å²) < 4.78 is 0. The summed E-state index contributed by atoms with van der Waals surface area (Å²) in [6, 6.07) is 9.39. The topological polar surface area (TPSA) is 28.5 Å². The second-order valence-electron chi connectivity index (χ2n) is 7.06. The molecule has 1 saturated carbocycles. The first-order valence-corrected chi connectivity index (χ1v) is 9.67. The largest absolute Gasteiger partial charge is 0.360 e. The number of thiocarbonyl (C=S) groups is 1. The molecule has 23 heavy (non-hydrogen) atoms. The van der Waals surface area contributed by atoms with Crippen LogP contribution in [0.2, 0.25) is 0 Å². The highest BCUT2D eigenvalue weighted by atomic mass is 32.1. The third kappa shape index (κ3) is 5.18. The predicted octanol–water partition coefficient (Wildman–Crippen LogP) is 2.16. The zero-order chi connectivity index (χ0) is 15.9. The Labute approximate surface area is 145 Å². The van der Waals surface area contributed by atoms with Crippen LogP contribution >= 0.6 is 12.2 Å². The number of hydrogen-bond acceptors (Lipinski definition) is 1. The van der Waals surface area contributed by atoms with E-state index in [1.165, 1.54) is 69.2 Å². The number of benzene rings is 1. The maximum Gasteiger partial charge on any atom is 0.166 e. The molecule has 0 amide bonds. The lowest BCUT2D eigenvalue weighted by molar-refractivity contribution is -0.901. The van der Waals surface area contributed by atoms with Crippen LogP contribution in [-0.2, 0) is 13.1 Å². The van der Waals surface area contributed by atoms with Crippen LogP contribution in [0.15, 0.2) is 24.3 Å². The minimum absolute atomic E-state index is 0.577. The molecule has 1 aromatic carbocycles. The summed E-state index contributed by atoms with van der Waals surface area (Å²) in [5.41, 5.74) is 2.86. The molecule has 1 aliphatic heterocycles. The molecule has 3 nitrogen and oxygen atoms in total. The van der Waals surface area contributed by atoms with Gasteiger partial charge in [-0.05, 0) is 30.6 Å². The van der Waals surface area contributed by atoms with E-state index in [-0.39, 0.29) is 0 Å². The summed E-state index contributed by atoms with van der Waals surface area (Å²) in [5.74, 6) is 0. The summed E-state index contributed by atoms with van der Waals surface area (Å²) in [6.07, 6.45) is 9.33. The first-order valence-electron chi connectivity index (χ1n) is 9.26. The van der Waals surface area contributed by atoms with Gasteiger partial charge in [0.05, 0.1) is 13.1 Å². The minimum Gasteiger partial charge on any atom is -0.360 e. The van der Waals surface area contributed by atoms with Gasteiger partial charge in [-0.25, -0.2) is 0 Å². The van der Waals surface area contributed by atoms with Crippen molar-refractivity contribution in [3.8, 4) is 0 Å². The second-order valence-corrected chi connectivity index (χ2v) is 7.47. The van der Waals surface area contributed by atoms with Gasteiger partial charge in [0.1, 0.15) is 6.54 Å². The van der Waals surface area contributed by atoms with Crippen molar-refractivity contribution < 1.29 is 4.90 Å². The zero-order valence-corrected chi connectivity index (χ0v) is 14.9. The van der Waals surface area contributed by atoms with Crippen molar-refractivity contribution in [2.24, 2.45) is 0 Å². The number of likely N-dealkylation sites (tertiary alicyclic amines) is 1. The Morgan fingerprint density at radius 3 is 2.43 bits per heavy atom. The fourth-order valence-corrected chi connectivity index (χ4v) is 4.12. The van der Waals surface area contributed by atoms with Crippen molar-refractivity contribution in [3.05, 3.63) is 35.4 Å². The van der Waals surface area contributed by atoms with Crippen molar-refractivity contribution in [1.29, 1.82) is 0 Å². The van der Waals surface area contributed by atoms with E-state index in [2.05, 4.69) is 34.9 Å². The first kappa shape index (κ1) is 16.7. The van der Waals surface area contributed by atoms with E-state index >= 15 is 0 Å². The lowest BCUT2D eigenvalue weighted by Crippen LogP contribution is -3.08. The summed E-state index contributed by atoms with van der Waals surface area (Å²) >= 11 is 5.49. The van der Waals surface area contributed by atoms with Crippen LogP contribution in [0.25, 0.3) is 0 Å². The van der Waals surface area contributed by atoms with Crippen LogP contribution in [0.4, 0.5) is 0 Å². The Balaban J connectivity index is 1.49. The van der Waals surface area contributed by atoms with E-state index in [0.29, 0.717) is 6.04 Å². The minimum atomic E-state index is 0.577. The van der Waals surface area contributed by atoms with E-state index in [4.69, 9.17) is 12.2 Å². The Bertz CT molecular complexity index is 505. The standard InChI is InChI=1S/C19H29N3S/c23-19(21-18-10-2-1-3-11-18)20-14-16-8-4-5-9-17(16)15-22-12-6-7-13-22/h4-5,8-9,18H,1-3,6-7,10-15H2,(H2,20,21,23)/p+1. The van der Waals surface area contributed by atoms with E-state index in [1.807, 2.05) is 0 Å². The van der Waals surface area contributed by atoms with Gasteiger partial charge in [-0.3, -0.25) is 0 Å². The number of rotatable bonds is 5. The quantitative estimate of drug-likeness (QED) is 0.722. The molecule has 3 rings (SSSR count). The average Bonchev–Trinajstić information content (AvgIpc) is 3.08. The number of hydrogen-bond donors (Lipinski definition) is 3. The van der Waals surface area contributed by atoms with Gasteiger partial charge in [-0.1, -0.05) is 43.5 Å². The summed E-state index contributed by atoms with van der Waals surface area (Å²) in [4.78, 5) is 1.72. The molecule has 0 spiro atoms. The normalized spacial score (nSPS) is 19.7. The Morgan fingerprint density at radius 2 is 1.70 bits per heavy atom. The fraction of sp³-hybridized carbons (Fsp3) is 0.632. The number of nitrogens with one attached hydrogen (secondary N) is 3. The van der Waals surface area contributed by atoms with Crippen LogP contribution < -0.4 is 15.5 Å². The Hall–Kier alpha value is -1.13. The van der Waals surface area contributed by atoms with Crippen LogP contribution in [0.1, 0.15) is 56.1 Å². The molecule has 2 aliphatic rings. The maximum atomic E-state index is 5.49. The lowest BCUT2D eigenvalue weighted by atomic mass is 9.96. The lowest BCUT2D eigenvalue weighted by Gasteiger charge is -2.24. The van der Waals surface area contributed by atoms with Gasteiger partial charge in [0, 0.05) is 31.0 Å². The zero-order valence-electron chi connectivity index (χ0n) is 14.1. The van der Waals surface area contributed by atoms with Crippen LogP contribution in [-0.4, -0.2) is 24.2 Å². The van der Waals surface area contributed by atoms with Crippen molar-refractivity contribution in [2.45, 2.75) is 64.1 Å². The molecule has 1 saturated heterocycles. The van der Waals surface area contributed by atoms with Gasteiger partial charge in [-0.2, -0.15) is 0 Å². The molecule has 1 heterocycles. The monoisotopic (exact) mass is 332 g/mol. The van der Waals surface area contributed by atoms with E-state index < -0.39 is 0 Å². The second kappa shape index (κ2) is 8.65. The molecule has 1 aromatic rings. The van der Waals surface area contributed by atoms with Gasteiger partial charge >= 0.3 is 0 Å². The molecule has 0 unspecified atom stereocenters. The molecule has 0 atom stereocenters. The molecule has 0 radical (unpaired) electrons. The third-order valence-corrected chi connectivity index (χ3v) is 5.51. The highest BCUT2D eigenvalue weighted by molar-refractivity contribution is 7.80. The summed E-state index contributed by atoms with van der Waals surface area (Å²) in [7, 11) is 0. The molecular weight excluding hydrogens is 302 g/mol. The van der Waals surface area contributed by atoms with E-state index in [9.17, 15) is 0 Å². The summed E-state index contributed by atoms with van der Waals surface area (Å²) in [6.45, 7) is 4.63. The van der Waals surface area contributed by atoms with E-state index in [0.717, 1.165) is 18.2 Å². The maximum absolute atomic E-state index is 5.49. The average molecular weight is 333 g/mol. The fourth-order valence-electron chi connectivity index (χ4n) is 3.88. The van der Waals surface area contributed by atoms with Crippen molar-refractivity contribution in [1.82, 2.24) is 10.6 Å². The molecule has 0 aromatic heterocycles. The van der Waals surface area contributed by atoms with Gasteiger partial charge in [-0.15, -0.1) is 0 Å². The molecule has 0 bridgehead atoms. The van der Waals surface area contributed by atoms with Crippen LogP contribution in [0, 0.1) is 0 Å². The highest BCUT2D eigenvalue weighted by Gasteiger charge is 2.17. The summed E-state index contributed by atoms with van der Waals surface area (Å²) in [5, 5.41) is 7.74. The predicted molar refractivity (Wildman–Crippen MR) is 99.5 cm³/mol. The molecule has 3 N–H and O–H groups in total. The first-order chi connectivity index (χ1) is 11.3. The Morgan fingerprint density at radius 1 is 1.00 bits per heavy atom. The highest BCUT2D eigenvalue weighted by Crippen LogP contribution is 2.17. The smallest absolute Gasteiger partial charge is 0.166 e. The molecule has 2 fully saturated rings. The van der Waals surface area contributed by atoms with Gasteiger partial charge in [0.2, 0.25) is 0 Å². The van der Waals surface area contributed by atoms with Crippen molar-refractivity contribution in [2.75, 3.05) is 13.1 Å². The van der Waals surface area contributed by atoms with Crippen molar-refractivity contribution >= 4 is 17.3 Å². The SMILES string of the molecule is S=C(NCc1ccccc1C[NH+]1CCCC1)NC1CCCCC1.